The van der Waals surface area contributed by atoms with E-state index < -0.39 is 36.3 Å². The number of hydrogen-bond acceptors (Lipinski definition) is 8. The van der Waals surface area contributed by atoms with E-state index in [9.17, 15) is 8.78 Å². The number of alkyl halides is 4. The first-order valence-electron chi connectivity index (χ1n) is 12.9. The summed E-state index contributed by atoms with van der Waals surface area (Å²) in [5.74, 6) is -6.59. The summed E-state index contributed by atoms with van der Waals surface area (Å²) in [6.07, 6.45) is 0.588. The van der Waals surface area contributed by atoms with Gasteiger partial charge in [-0.2, -0.15) is 4.98 Å². The van der Waals surface area contributed by atoms with Crippen LogP contribution >= 0.6 is 0 Å². The second-order valence-electron chi connectivity index (χ2n) is 10.7. The molecule has 40 heavy (non-hydrogen) atoms. The molecule has 10 nitrogen and oxygen atoms in total. The largest absolute Gasteiger partial charge is 0.479 e. The van der Waals surface area contributed by atoms with E-state index in [4.69, 9.17) is 9.47 Å². The summed E-state index contributed by atoms with van der Waals surface area (Å²) in [6.45, 7) is 0.964. The molecule has 5 heterocycles. The van der Waals surface area contributed by atoms with E-state index in [1.54, 1.807) is 23.1 Å². The molecule has 2 aliphatic heterocycles. The highest BCUT2D eigenvalue weighted by Gasteiger charge is 2.48. The van der Waals surface area contributed by atoms with E-state index in [0.29, 0.717) is 36.4 Å². The number of likely N-dealkylation sites (tertiary alicyclic amines) is 1. The Morgan fingerprint density at radius 1 is 1.12 bits per heavy atom. The Hall–Kier alpha value is -3.59. The Morgan fingerprint density at radius 3 is 2.60 bits per heavy atom. The second kappa shape index (κ2) is 8.96. The fourth-order valence-electron chi connectivity index (χ4n) is 5.71. The lowest BCUT2D eigenvalue weighted by Gasteiger charge is -2.44. The van der Waals surface area contributed by atoms with Crippen molar-refractivity contribution in [2.45, 2.75) is 49.2 Å². The molecule has 1 aliphatic carbocycles. The molecule has 1 saturated carbocycles. The average molecular weight is 565 g/mol. The third-order valence-electron chi connectivity index (χ3n) is 7.99. The first kappa shape index (κ1) is 25.4. The molecule has 1 aromatic carbocycles. The summed E-state index contributed by atoms with van der Waals surface area (Å²) >= 11 is 0. The van der Waals surface area contributed by atoms with Gasteiger partial charge in [-0.05, 0) is 24.1 Å². The van der Waals surface area contributed by atoms with Gasteiger partial charge in [0.05, 0.1) is 62.3 Å². The van der Waals surface area contributed by atoms with Crippen LogP contribution in [0.1, 0.15) is 25.3 Å². The van der Waals surface area contributed by atoms with Crippen LogP contribution in [-0.2, 0) is 4.74 Å². The lowest BCUT2D eigenvalue weighted by molar-refractivity contribution is -0.131. The number of piperidine rings is 1. The molecule has 3 fully saturated rings. The number of methoxy groups -OCH3 is 1. The Labute approximate surface area is 224 Å². The molecule has 0 radical (unpaired) electrons. The number of aromatic nitrogens is 6. The maximum atomic E-state index is 15.4. The fraction of sp³-hybridized carbons (Fsp3) is 0.520. The summed E-state index contributed by atoms with van der Waals surface area (Å²) in [5, 5.41) is 15.1. The number of anilines is 1. The van der Waals surface area contributed by atoms with Gasteiger partial charge < -0.3 is 14.8 Å². The van der Waals surface area contributed by atoms with Gasteiger partial charge in [0.1, 0.15) is 11.0 Å². The van der Waals surface area contributed by atoms with E-state index in [-0.39, 0.29) is 48.2 Å². The normalized spacial score (nSPS) is 23.3. The van der Waals surface area contributed by atoms with Crippen LogP contribution in [0.4, 0.5) is 27.9 Å². The van der Waals surface area contributed by atoms with Crippen molar-refractivity contribution in [2.24, 2.45) is 0 Å². The number of hydrogen-bond donors (Lipinski definition) is 1. The van der Waals surface area contributed by atoms with E-state index in [1.807, 2.05) is 0 Å². The van der Waals surface area contributed by atoms with E-state index in [1.165, 1.54) is 16.3 Å². The van der Waals surface area contributed by atoms with Crippen LogP contribution in [0.5, 0.6) is 5.88 Å². The molecule has 0 spiro atoms. The van der Waals surface area contributed by atoms with Crippen molar-refractivity contribution < 1.29 is 31.4 Å². The van der Waals surface area contributed by atoms with Gasteiger partial charge in [0.15, 0.2) is 5.82 Å². The Bertz CT molecular complexity index is 1600. The Kier molecular flexibility index (Phi) is 5.69. The maximum absolute atomic E-state index is 15.4. The Morgan fingerprint density at radius 2 is 1.93 bits per heavy atom. The van der Waals surface area contributed by atoms with Crippen LogP contribution in [0, 0.1) is 5.82 Å². The van der Waals surface area contributed by atoms with Crippen LogP contribution in [0.25, 0.3) is 27.7 Å². The van der Waals surface area contributed by atoms with Gasteiger partial charge in [0.2, 0.25) is 11.8 Å². The SMILES string of the molecule is COc1nc(NC2CCN(C3COC3)CC2(F)F)nn2cc(F)c(-c3ccc4nnn(C5CC(F)(F)C5)c4c3)c12. The Balaban J connectivity index is 1.21. The topological polar surface area (TPSA) is 94.6 Å². The summed E-state index contributed by atoms with van der Waals surface area (Å²) in [6, 6.07) is 3.15. The molecule has 3 aliphatic rings. The van der Waals surface area contributed by atoms with Crippen molar-refractivity contribution in [2.75, 3.05) is 38.7 Å². The summed E-state index contributed by atoms with van der Waals surface area (Å²) in [5.41, 5.74) is 1.67. The van der Waals surface area contributed by atoms with Gasteiger partial charge in [-0.1, -0.05) is 11.3 Å². The van der Waals surface area contributed by atoms with Crippen molar-refractivity contribution >= 4 is 22.5 Å². The highest BCUT2D eigenvalue weighted by molar-refractivity contribution is 5.89. The quantitative estimate of drug-likeness (QED) is 0.354. The molecular weight excluding hydrogens is 539 g/mol. The van der Waals surface area contributed by atoms with Crippen LogP contribution < -0.4 is 10.1 Å². The monoisotopic (exact) mass is 564 g/mol. The van der Waals surface area contributed by atoms with Crippen molar-refractivity contribution in [3.8, 4) is 17.0 Å². The first-order chi connectivity index (χ1) is 19.1. The van der Waals surface area contributed by atoms with Gasteiger partial charge in [-0.15, -0.1) is 10.2 Å². The lowest BCUT2D eigenvalue weighted by Crippen LogP contribution is -2.61. The molecule has 1 unspecified atom stereocenters. The van der Waals surface area contributed by atoms with Crippen LogP contribution in [0.3, 0.4) is 0 Å². The number of nitrogens with one attached hydrogen (secondary N) is 1. The van der Waals surface area contributed by atoms with E-state index in [0.717, 1.165) is 6.20 Å². The predicted molar refractivity (Wildman–Crippen MR) is 132 cm³/mol. The first-order valence-corrected chi connectivity index (χ1v) is 12.9. The predicted octanol–water partition coefficient (Wildman–Crippen LogP) is 3.78. The van der Waals surface area contributed by atoms with Crippen molar-refractivity contribution in [1.29, 1.82) is 0 Å². The molecule has 15 heteroatoms. The molecule has 7 rings (SSSR count). The number of rotatable bonds is 6. The minimum absolute atomic E-state index is 0.00379. The van der Waals surface area contributed by atoms with Crippen molar-refractivity contribution in [3.05, 3.63) is 30.2 Å². The van der Waals surface area contributed by atoms with Gasteiger partial charge in [0.25, 0.3) is 11.8 Å². The molecule has 0 bridgehead atoms. The molecule has 3 aromatic heterocycles. The fourth-order valence-corrected chi connectivity index (χ4v) is 5.71. The molecule has 4 aromatic rings. The number of nitrogens with zero attached hydrogens (tertiary/aromatic N) is 7. The number of benzene rings is 1. The average Bonchev–Trinajstić information content (AvgIpc) is 3.41. The van der Waals surface area contributed by atoms with Crippen LogP contribution in [-0.4, -0.2) is 91.8 Å². The standard InChI is InChI=1S/C25H25F5N8O2/c1-39-22-21-20(13-2-3-17-18(6-13)38(35-33-17)14-7-24(27,28)8-14)16(26)9-37(21)34-23(32-22)31-19-4-5-36(12-25(19,29)30)15-10-40-11-15/h2-3,6,9,14-15,19H,4-5,7-8,10-12H2,1H3,(H,31,34). The minimum Gasteiger partial charge on any atom is -0.479 e. The molecule has 212 valence electrons. The zero-order chi connectivity index (χ0) is 27.8. The smallest absolute Gasteiger partial charge is 0.280 e. The zero-order valence-electron chi connectivity index (χ0n) is 21.3. The maximum Gasteiger partial charge on any atom is 0.280 e. The molecule has 1 N–H and O–H groups in total. The van der Waals surface area contributed by atoms with E-state index >= 15 is 13.2 Å². The summed E-state index contributed by atoms with van der Waals surface area (Å²) < 4.78 is 85.6. The zero-order valence-corrected chi connectivity index (χ0v) is 21.3. The number of halogens is 5. The van der Waals surface area contributed by atoms with Crippen molar-refractivity contribution in [1.82, 2.24) is 34.5 Å². The van der Waals surface area contributed by atoms with Gasteiger partial charge in [0, 0.05) is 19.4 Å². The van der Waals surface area contributed by atoms with Crippen LogP contribution in [0.15, 0.2) is 24.4 Å². The van der Waals surface area contributed by atoms with Crippen LogP contribution in [0.2, 0.25) is 0 Å². The van der Waals surface area contributed by atoms with E-state index in [2.05, 4.69) is 25.7 Å². The molecule has 2 saturated heterocycles. The molecule has 1 atom stereocenters. The molecular formula is C25H25F5N8O2. The third-order valence-corrected chi connectivity index (χ3v) is 7.99. The number of fused-ring (bicyclic) bond motifs is 2. The highest BCUT2D eigenvalue weighted by atomic mass is 19.3. The van der Waals surface area contributed by atoms with Gasteiger partial charge in [-0.25, -0.2) is 31.1 Å². The molecule has 0 amide bonds. The number of ether oxygens (including phenoxy) is 2. The summed E-state index contributed by atoms with van der Waals surface area (Å²) in [4.78, 5) is 6.02. The van der Waals surface area contributed by atoms with Gasteiger partial charge >= 0.3 is 0 Å². The lowest BCUT2D eigenvalue weighted by atomic mass is 9.88. The highest BCUT2D eigenvalue weighted by Crippen LogP contribution is 2.46. The summed E-state index contributed by atoms with van der Waals surface area (Å²) in [7, 11) is 1.34. The van der Waals surface area contributed by atoms with Crippen molar-refractivity contribution in [3.63, 3.8) is 0 Å². The minimum atomic E-state index is -3.05. The third kappa shape index (κ3) is 4.13. The second-order valence-corrected chi connectivity index (χ2v) is 10.7. The van der Waals surface area contributed by atoms with Gasteiger partial charge in [-0.3, -0.25) is 4.90 Å².